The molecule has 0 saturated carbocycles. The van der Waals surface area contributed by atoms with Gasteiger partial charge in [0.2, 0.25) is 0 Å². The Kier molecular flexibility index (Phi) is 5.04. The molecule has 0 fully saturated rings. The highest BCUT2D eigenvalue weighted by Crippen LogP contribution is 2.16. The molecule has 19 heavy (non-hydrogen) atoms. The first-order valence-corrected chi connectivity index (χ1v) is 7.52. The van der Waals surface area contributed by atoms with E-state index in [1.807, 2.05) is 18.2 Å². The topological polar surface area (TPSA) is 44.4 Å². The van der Waals surface area contributed by atoms with Crippen molar-refractivity contribution in [3.63, 3.8) is 0 Å². The van der Waals surface area contributed by atoms with Gasteiger partial charge in [-0.05, 0) is 53.1 Å². The summed E-state index contributed by atoms with van der Waals surface area (Å²) in [5, 5.41) is 0. The molecule has 0 aliphatic heterocycles. The second-order valence-corrected chi connectivity index (χ2v) is 6.17. The minimum atomic E-state index is -0.315. The number of fused-ring (bicyclic) bond motifs is 1. The fourth-order valence-corrected chi connectivity index (χ4v) is 2.30. The van der Waals surface area contributed by atoms with E-state index >= 15 is 0 Å². The van der Waals surface area contributed by atoms with Crippen molar-refractivity contribution < 1.29 is 9.15 Å². The lowest BCUT2D eigenvalue weighted by Gasteiger charge is -2.06. The van der Waals surface area contributed by atoms with Gasteiger partial charge in [-0.2, -0.15) is 0 Å². The van der Waals surface area contributed by atoms with Crippen LogP contribution in [0.1, 0.15) is 20.3 Å². The highest BCUT2D eigenvalue weighted by molar-refractivity contribution is 14.1. The fraction of sp³-hybridized carbons (Fsp3) is 0.500. The quantitative estimate of drug-likeness (QED) is 0.575. The molecule has 1 aromatic heterocycles. The Morgan fingerprint density at radius 2 is 2.16 bits per heavy atom. The standard InChI is InChI=1S/C14H18INO3/c1-10(2)5-7-18-8-6-16-12-9-11(15)3-4-13(12)19-14(16)17/h3-4,9-10H,5-8H2,1-2H3. The van der Waals surface area contributed by atoms with E-state index in [1.165, 1.54) is 0 Å². The van der Waals surface area contributed by atoms with Gasteiger partial charge in [0.1, 0.15) is 0 Å². The van der Waals surface area contributed by atoms with Gasteiger partial charge in [0.25, 0.3) is 0 Å². The van der Waals surface area contributed by atoms with Crippen molar-refractivity contribution in [3.05, 3.63) is 32.3 Å². The van der Waals surface area contributed by atoms with Crippen LogP contribution in [0.4, 0.5) is 0 Å². The van der Waals surface area contributed by atoms with E-state index in [9.17, 15) is 4.79 Å². The van der Waals surface area contributed by atoms with Crippen LogP contribution in [0.3, 0.4) is 0 Å². The minimum Gasteiger partial charge on any atom is -0.408 e. The molecule has 0 aliphatic rings. The summed E-state index contributed by atoms with van der Waals surface area (Å²) in [5.41, 5.74) is 1.47. The van der Waals surface area contributed by atoms with E-state index in [4.69, 9.17) is 9.15 Å². The van der Waals surface area contributed by atoms with Gasteiger partial charge in [-0.1, -0.05) is 13.8 Å². The molecule has 104 valence electrons. The number of oxazole rings is 1. The summed E-state index contributed by atoms with van der Waals surface area (Å²) >= 11 is 2.22. The number of aromatic nitrogens is 1. The lowest BCUT2D eigenvalue weighted by Crippen LogP contribution is -2.18. The molecule has 0 radical (unpaired) electrons. The normalized spacial score (nSPS) is 11.6. The average molecular weight is 375 g/mol. The lowest BCUT2D eigenvalue weighted by molar-refractivity contribution is 0.115. The molecule has 0 saturated heterocycles. The molecule has 0 spiro atoms. The molecule has 1 heterocycles. The number of rotatable bonds is 6. The predicted octanol–water partition coefficient (Wildman–Crippen LogP) is 3.26. The third kappa shape index (κ3) is 3.82. The Labute approximate surface area is 125 Å². The van der Waals surface area contributed by atoms with Gasteiger partial charge in [-0.25, -0.2) is 4.79 Å². The maximum atomic E-state index is 11.8. The van der Waals surface area contributed by atoms with Crippen LogP contribution in [-0.2, 0) is 11.3 Å². The second kappa shape index (κ2) is 6.56. The third-order valence-electron chi connectivity index (χ3n) is 2.93. The Bertz CT molecular complexity index is 600. The zero-order valence-electron chi connectivity index (χ0n) is 11.2. The summed E-state index contributed by atoms with van der Waals surface area (Å²) in [4.78, 5) is 11.8. The van der Waals surface area contributed by atoms with Crippen molar-refractivity contribution in [2.75, 3.05) is 13.2 Å². The highest BCUT2D eigenvalue weighted by atomic mass is 127. The number of ether oxygens (including phenoxy) is 1. The van der Waals surface area contributed by atoms with Crippen molar-refractivity contribution in [2.45, 2.75) is 26.8 Å². The van der Waals surface area contributed by atoms with Crippen LogP contribution < -0.4 is 5.76 Å². The van der Waals surface area contributed by atoms with Crippen molar-refractivity contribution in [1.29, 1.82) is 0 Å². The molecule has 1 aromatic carbocycles. The third-order valence-corrected chi connectivity index (χ3v) is 3.60. The van der Waals surface area contributed by atoms with Crippen LogP contribution in [0.5, 0.6) is 0 Å². The summed E-state index contributed by atoms with van der Waals surface area (Å²) in [6.45, 7) is 6.13. The molecular formula is C14H18INO3. The number of hydrogen-bond donors (Lipinski definition) is 0. The fourth-order valence-electron chi connectivity index (χ4n) is 1.82. The van der Waals surface area contributed by atoms with Crippen molar-refractivity contribution in [1.82, 2.24) is 4.57 Å². The van der Waals surface area contributed by atoms with Gasteiger partial charge in [0, 0.05) is 10.2 Å². The summed E-state index contributed by atoms with van der Waals surface area (Å²) in [6, 6.07) is 5.71. The highest BCUT2D eigenvalue weighted by Gasteiger charge is 2.09. The largest absolute Gasteiger partial charge is 0.420 e. The van der Waals surface area contributed by atoms with Crippen molar-refractivity contribution in [3.8, 4) is 0 Å². The summed E-state index contributed by atoms with van der Waals surface area (Å²) in [5.74, 6) is 0.323. The van der Waals surface area contributed by atoms with Crippen LogP contribution in [0.25, 0.3) is 11.1 Å². The Morgan fingerprint density at radius 1 is 1.37 bits per heavy atom. The SMILES string of the molecule is CC(C)CCOCCn1c(=O)oc2ccc(I)cc21. The van der Waals surface area contributed by atoms with E-state index < -0.39 is 0 Å². The average Bonchev–Trinajstić information content (AvgIpc) is 2.65. The maximum Gasteiger partial charge on any atom is 0.420 e. The zero-order chi connectivity index (χ0) is 13.8. The Morgan fingerprint density at radius 3 is 2.89 bits per heavy atom. The Hall–Kier alpha value is -0.820. The molecule has 2 rings (SSSR count). The minimum absolute atomic E-state index is 0.315. The van der Waals surface area contributed by atoms with Crippen molar-refractivity contribution in [2.24, 2.45) is 5.92 Å². The van der Waals surface area contributed by atoms with Gasteiger partial charge in [-0.3, -0.25) is 4.57 Å². The number of hydrogen-bond acceptors (Lipinski definition) is 3. The van der Waals surface area contributed by atoms with E-state index in [0.717, 1.165) is 22.1 Å². The van der Waals surface area contributed by atoms with Gasteiger partial charge in [0.15, 0.2) is 5.58 Å². The van der Waals surface area contributed by atoms with Crippen LogP contribution in [0, 0.1) is 9.49 Å². The second-order valence-electron chi connectivity index (χ2n) is 4.93. The molecule has 0 amide bonds. The van der Waals surface area contributed by atoms with E-state index in [2.05, 4.69) is 36.4 Å². The molecule has 4 nitrogen and oxygen atoms in total. The zero-order valence-corrected chi connectivity index (χ0v) is 13.3. The first-order chi connectivity index (χ1) is 9.08. The lowest BCUT2D eigenvalue weighted by atomic mass is 10.1. The predicted molar refractivity (Wildman–Crippen MR) is 83.5 cm³/mol. The molecular weight excluding hydrogens is 357 g/mol. The van der Waals surface area contributed by atoms with Gasteiger partial charge < -0.3 is 9.15 Å². The molecule has 0 aliphatic carbocycles. The number of benzene rings is 1. The molecule has 0 bridgehead atoms. The smallest absolute Gasteiger partial charge is 0.408 e. The summed E-state index contributed by atoms with van der Waals surface area (Å²) in [7, 11) is 0. The molecule has 0 N–H and O–H groups in total. The molecule has 0 unspecified atom stereocenters. The van der Waals surface area contributed by atoms with Crippen LogP contribution in [-0.4, -0.2) is 17.8 Å². The molecule has 2 aromatic rings. The van der Waals surface area contributed by atoms with Crippen molar-refractivity contribution >= 4 is 33.7 Å². The van der Waals surface area contributed by atoms with Gasteiger partial charge in [0.05, 0.1) is 18.7 Å². The number of nitrogens with zero attached hydrogens (tertiary/aromatic N) is 1. The maximum absolute atomic E-state index is 11.8. The van der Waals surface area contributed by atoms with Gasteiger partial charge in [-0.15, -0.1) is 0 Å². The van der Waals surface area contributed by atoms with E-state index in [0.29, 0.717) is 24.7 Å². The van der Waals surface area contributed by atoms with E-state index in [-0.39, 0.29) is 5.76 Å². The molecule has 0 atom stereocenters. The first-order valence-electron chi connectivity index (χ1n) is 6.44. The monoisotopic (exact) mass is 375 g/mol. The van der Waals surface area contributed by atoms with Gasteiger partial charge >= 0.3 is 5.76 Å². The Balaban J connectivity index is 2.02. The summed E-state index contributed by atoms with van der Waals surface area (Å²) in [6.07, 6.45) is 1.04. The first kappa shape index (κ1) is 14.6. The van der Waals surface area contributed by atoms with Crippen LogP contribution in [0.2, 0.25) is 0 Å². The number of halogens is 1. The van der Waals surface area contributed by atoms with Crippen LogP contribution >= 0.6 is 22.6 Å². The van der Waals surface area contributed by atoms with E-state index in [1.54, 1.807) is 4.57 Å². The summed E-state index contributed by atoms with van der Waals surface area (Å²) < 4.78 is 13.5. The molecule has 5 heteroatoms. The van der Waals surface area contributed by atoms with Crippen LogP contribution in [0.15, 0.2) is 27.4 Å².